The van der Waals surface area contributed by atoms with Crippen LogP contribution in [0.1, 0.15) is 18.5 Å². The molecular weight excluding hydrogens is 316 g/mol. The molecule has 0 spiro atoms. The van der Waals surface area contributed by atoms with Gasteiger partial charge in [-0.2, -0.15) is 0 Å². The van der Waals surface area contributed by atoms with Gasteiger partial charge in [-0.05, 0) is 37.1 Å². The van der Waals surface area contributed by atoms with Crippen molar-refractivity contribution >= 4 is 17.5 Å². The fourth-order valence-electron chi connectivity index (χ4n) is 3.02. The monoisotopic (exact) mass is 332 g/mol. The second-order valence-corrected chi connectivity index (χ2v) is 6.51. The number of hydrogen-bond acceptors (Lipinski definition) is 4. The Morgan fingerprint density at radius 1 is 1.17 bits per heavy atom. The third-order valence-corrected chi connectivity index (χ3v) is 4.84. The average molecular weight is 333 g/mol. The number of aromatic nitrogens is 1. The van der Waals surface area contributed by atoms with Gasteiger partial charge < -0.3 is 14.2 Å². The van der Waals surface area contributed by atoms with Gasteiger partial charge in [-0.25, -0.2) is 0 Å². The SMILES string of the molecule is O=C(N1CCOCC1)C1(c2cc(-c3ccc(Cl)cc3)on2)CC1. The standard InChI is InChI=1S/C17H17ClN2O3/c18-13-3-1-12(2-4-13)14-11-15(19-23-14)17(5-6-17)16(21)20-7-9-22-10-8-20/h1-4,11H,5-10H2. The van der Waals surface area contributed by atoms with Crippen LogP contribution in [0.15, 0.2) is 34.9 Å². The summed E-state index contributed by atoms with van der Waals surface area (Å²) in [6, 6.07) is 9.27. The lowest BCUT2D eigenvalue weighted by Gasteiger charge is -2.29. The van der Waals surface area contributed by atoms with Crippen molar-refractivity contribution in [3.8, 4) is 11.3 Å². The lowest BCUT2D eigenvalue weighted by Crippen LogP contribution is -2.45. The van der Waals surface area contributed by atoms with Gasteiger partial charge in [0.15, 0.2) is 5.76 Å². The summed E-state index contributed by atoms with van der Waals surface area (Å²) >= 11 is 5.91. The van der Waals surface area contributed by atoms with Crippen LogP contribution in [0.25, 0.3) is 11.3 Å². The van der Waals surface area contributed by atoms with Crippen LogP contribution < -0.4 is 0 Å². The van der Waals surface area contributed by atoms with Crippen molar-refractivity contribution in [2.75, 3.05) is 26.3 Å². The molecule has 0 radical (unpaired) electrons. The summed E-state index contributed by atoms with van der Waals surface area (Å²) in [5.41, 5.74) is 1.15. The first-order valence-electron chi connectivity index (χ1n) is 7.79. The smallest absolute Gasteiger partial charge is 0.235 e. The Balaban J connectivity index is 1.58. The molecule has 1 aliphatic carbocycles. The first-order valence-corrected chi connectivity index (χ1v) is 8.17. The number of nitrogens with zero attached hydrogens (tertiary/aromatic N) is 2. The Bertz CT molecular complexity index is 716. The first-order chi connectivity index (χ1) is 11.2. The fourth-order valence-corrected chi connectivity index (χ4v) is 3.15. The summed E-state index contributed by atoms with van der Waals surface area (Å²) in [6.45, 7) is 2.53. The maximum atomic E-state index is 12.8. The Morgan fingerprint density at radius 2 is 1.87 bits per heavy atom. The molecule has 1 aromatic carbocycles. The molecule has 5 nitrogen and oxygen atoms in total. The van der Waals surface area contributed by atoms with E-state index in [0.717, 1.165) is 24.1 Å². The summed E-state index contributed by atoms with van der Waals surface area (Å²) in [5, 5.41) is 4.85. The van der Waals surface area contributed by atoms with E-state index in [9.17, 15) is 4.79 Å². The van der Waals surface area contributed by atoms with E-state index in [0.29, 0.717) is 37.1 Å². The molecule has 2 heterocycles. The van der Waals surface area contributed by atoms with E-state index in [-0.39, 0.29) is 5.91 Å². The van der Waals surface area contributed by atoms with Crippen molar-refractivity contribution in [1.29, 1.82) is 0 Å². The predicted molar refractivity (Wildman–Crippen MR) is 85.3 cm³/mol. The number of halogens is 1. The molecule has 1 saturated carbocycles. The van der Waals surface area contributed by atoms with Crippen LogP contribution in [0.5, 0.6) is 0 Å². The number of hydrogen-bond donors (Lipinski definition) is 0. The van der Waals surface area contributed by atoms with Crippen LogP contribution in [0.3, 0.4) is 0 Å². The van der Waals surface area contributed by atoms with Crippen LogP contribution in [-0.4, -0.2) is 42.3 Å². The van der Waals surface area contributed by atoms with Gasteiger partial charge in [0.05, 0.1) is 24.3 Å². The minimum absolute atomic E-state index is 0.150. The largest absolute Gasteiger partial charge is 0.378 e. The van der Waals surface area contributed by atoms with Gasteiger partial charge in [-0.1, -0.05) is 16.8 Å². The molecule has 1 aromatic heterocycles. The summed E-state index contributed by atoms with van der Waals surface area (Å²) < 4.78 is 10.8. The highest BCUT2D eigenvalue weighted by Gasteiger charge is 2.55. The van der Waals surface area contributed by atoms with E-state index in [2.05, 4.69) is 5.16 Å². The Kier molecular flexibility index (Phi) is 3.62. The minimum atomic E-state index is -0.495. The zero-order chi connectivity index (χ0) is 15.9. The van der Waals surface area contributed by atoms with Crippen molar-refractivity contribution < 1.29 is 14.1 Å². The number of rotatable bonds is 3. The zero-order valence-corrected chi connectivity index (χ0v) is 13.4. The molecule has 0 N–H and O–H groups in total. The van der Waals surface area contributed by atoms with Gasteiger partial charge >= 0.3 is 0 Å². The quantitative estimate of drug-likeness (QED) is 0.867. The molecule has 120 valence electrons. The van der Waals surface area contributed by atoms with Crippen LogP contribution >= 0.6 is 11.6 Å². The highest BCUT2D eigenvalue weighted by atomic mass is 35.5. The van der Waals surface area contributed by atoms with Crippen molar-refractivity contribution in [3.05, 3.63) is 41.0 Å². The zero-order valence-electron chi connectivity index (χ0n) is 12.6. The first kappa shape index (κ1) is 14.7. The van der Waals surface area contributed by atoms with Gasteiger partial charge in [-0.15, -0.1) is 0 Å². The highest BCUT2D eigenvalue weighted by molar-refractivity contribution is 6.30. The summed E-state index contributed by atoms with van der Waals surface area (Å²) in [5.74, 6) is 0.814. The van der Waals surface area contributed by atoms with E-state index in [1.807, 2.05) is 35.2 Å². The predicted octanol–water partition coefficient (Wildman–Crippen LogP) is 2.89. The molecule has 4 rings (SSSR count). The maximum Gasteiger partial charge on any atom is 0.235 e. The lowest BCUT2D eigenvalue weighted by molar-refractivity contribution is -0.138. The molecule has 1 saturated heterocycles. The molecule has 0 bridgehead atoms. The Morgan fingerprint density at radius 3 is 2.52 bits per heavy atom. The number of carbonyl (C=O) groups excluding carboxylic acids is 1. The number of carbonyl (C=O) groups is 1. The molecule has 0 unspecified atom stereocenters. The number of benzene rings is 1. The molecule has 6 heteroatoms. The van der Waals surface area contributed by atoms with E-state index in [4.69, 9.17) is 20.9 Å². The fraction of sp³-hybridized carbons (Fsp3) is 0.412. The molecular formula is C17H17ClN2O3. The van der Waals surface area contributed by atoms with Gasteiger partial charge in [0.2, 0.25) is 5.91 Å². The van der Waals surface area contributed by atoms with Crippen LogP contribution in [0.2, 0.25) is 5.02 Å². The Labute approximate surface area is 139 Å². The second-order valence-electron chi connectivity index (χ2n) is 6.07. The topological polar surface area (TPSA) is 55.6 Å². The third-order valence-electron chi connectivity index (χ3n) is 4.59. The molecule has 0 atom stereocenters. The number of ether oxygens (including phenoxy) is 1. The molecule has 1 aliphatic heterocycles. The van der Waals surface area contributed by atoms with Crippen molar-refractivity contribution in [1.82, 2.24) is 10.1 Å². The third kappa shape index (κ3) is 2.64. The Hall–Kier alpha value is -1.85. The second kappa shape index (κ2) is 5.65. The van der Waals surface area contributed by atoms with Gasteiger partial charge in [-0.3, -0.25) is 4.79 Å². The lowest BCUT2D eigenvalue weighted by atomic mass is 9.99. The summed E-state index contributed by atoms with van der Waals surface area (Å²) in [6.07, 6.45) is 1.66. The minimum Gasteiger partial charge on any atom is -0.378 e. The molecule has 1 amide bonds. The number of morpholine rings is 1. The van der Waals surface area contributed by atoms with Crippen molar-refractivity contribution in [2.24, 2.45) is 0 Å². The highest BCUT2D eigenvalue weighted by Crippen LogP contribution is 2.49. The van der Waals surface area contributed by atoms with E-state index >= 15 is 0 Å². The van der Waals surface area contributed by atoms with Gasteiger partial charge in [0.25, 0.3) is 0 Å². The van der Waals surface area contributed by atoms with Crippen molar-refractivity contribution in [3.63, 3.8) is 0 Å². The van der Waals surface area contributed by atoms with Gasteiger partial charge in [0, 0.05) is 29.7 Å². The number of amides is 1. The molecule has 23 heavy (non-hydrogen) atoms. The maximum absolute atomic E-state index is 12.8. The van der Waals surface area contributed by atoms with Crippen LogP contribution in [0.4, 0.5) is 0 Å². The van der Waals surface area contributed by atoms with E-state index in [1.54, 1.807) is 0 Å². The van der Waals surface area contributed by atoms with Crippen LogP contribution in [0, 0.1) is 0 Å². The van der Waals surface area contributed by atoms with Crippen molar-refractivity contribution in [2.45, 2.75) is 18.3 Å². The normalized spacial score (nSPS) is 19.6. The average Bonchev–Trinajstić information content (AvgIpc) is 3.26. The van der Waals surface area contributed by atoms with Crippen LogP contribution in [-0.2, 0) is 14.9 Å². The van der Waals surface area contributed by atoms with Gasteiger partial charge in [0.1, 0.15) is 0 Å². The summed E-state index contributed by atoms with van der Waals surface area (Å²) in [7, 11) is 0. The molecule has 2 aromatic rings. The summed E-state index contributed by atoms with van der Waals surface area (Å²) in [4.78, 5) is 14.7. The van der Waals surface area contributed by atoms with E-state index < -0.39 is 5.41 Å². The molecule has 2 aliphatic rings. The molecule has 2 fully saturated rings. The van der Waals surface area contributed by atoms with E-state index in [1.165, 1.54) is 0 Å².